The first kappa shape index (κ1) is 20.4. The smallest absolute Gasteiger partial charge is 0.329 e. The molecule has 2 amide bonds. The molecule has 1 fully saturated rings. The summed E-state index contributed by atoms with van der Waals surface area (Å²) in [6.07, 6.45) is 2.71. The highest BCUT2D eigenvalue weighted by molar-refractivity contribution is 7.99. The van der Waals surface area contributed by atoms with Crippen molar-refractivity contribution >= 4 is 35.2 Å². The van der Waals surface area contributed by atoms with Crippen LogP contribution in [0.5, 0.6) is 0 Å². The number of carboxylic acids is 1. The van der Waals surface area contributed by atoms with E-state index in [1.54, 1.807) is 15.5 Å². The van der Waals surface area contributed by atoms with Crippen LogP contribution < -0.4 is 10.9 Å². The van der Waals surface area contributed by atoms with E-state index in [1.807, 2.05) is 12.3 Å². The fourth-order valence-electron chi connectivity index (χ4n) is 3.88. The molecule has 0 aliphatic carbocycles. The molecule has 9 nitrogen and oxygen atoms in total. The van der Waals surface area contributed by atoms with Crippen LogP contribution in [0.4, 0.5) is 5.69 Å². The second-order valence-corrected chi connectivity index (χ2v) is 7.92. The van der Waals surface area contributed by atoms with Gasteiger partial charge in [-0.2, -0.15) is 11.8 Å². The summed E-state index contributed by atoms with van der Waals surface area (Å²) in [5, 5.41) is 11.3. The topological polar surface area (TPSA) is 118 Å². The predicted molar refractivity (Wildman–Crippen MR) is 104 cm³/mol. The lowest BCUT2D eigenvalue weighted by Crippen LogP contribution is -2.50. The third-order valence-corrected chi connectivity index (χ3v) is 5.51. The highest BCUT2D eigenvalue weighted by Gasteiger charge is 2.36. The van der Waals surface area contributed by atoms with Crippen LogP contribution in [-0.4, -0.2) is 70.7 Å². The number of amides is 2. The fourth-order valence-corrected chi connectivity index (χ4v) is 4.21. The number of ether oxygens (including phenoxy) is 1. The molecule has 0 radical (unpaired) electrons. The zero-order chi connectivity index (χ0) is 20.3. The fraction of sp³-hybridized carbons (Fsp3) is 0.556. The van der Waals surface area contributed by atoms with Gasteiger partial charge in [-0.25, -0.2) is 4.79 Å². The Morgan fingerprint density at radius 1 is 1.25 bits per heavy atom. The van der Waals surface area contributed by atoms with Gasteiger partial charge in [0.2, 0.25) is 11.8 Å². The third-order valence-electron chi connectivity index (χ3n) is 4.96. The largest absolute Gasteiger partial charge is 0.480 e. The molecule has 2 aliphatic heterocycles. The van der Waals surface area contributed by atoms with E-state index in [9.17, 15) is 19.2 Å². The monoisotopic (exact) mass is 409 g/mol. The van der Waals surface area contributed by atoms with Crippen LogP contribution in [0.2, 0.25) is 0 Å². The number of carboxylic acid groups (broad SMARTS) is 1. The maximum atomic E-state index is 12.8. The Hall–Kier alpha value is -2.33. The summed E-state index contributed by atoms with van der Waals surface area (Å²) in [5.74, 6) is -1.12. The Labute approximate surface area is 166 Å². The number of nitrogens with zero attached hydrogens (tertiary/aromatic N) is 2. The summed E-state index contributed by atoms with van der Waals surface area (Å²) in [4.78, 5) is 49.1. The number of anilines is 1. The number of aliphatic carboxylic acids is 1. The molecule has 10 heteroatoms. The van der Waals surface area contributed by atoms with Crippen molar-refractivity contribution < 1.29 is 24.2 Å². The summed E-state index contributed by atoms with van der Waals surface area (Å²) in [6.45, 7) is 0.676. The van der Waals surface area contributed by atoms with Crippen molar-refractivity contribution in [2.45, 2.75) is 18.9 Å². The first-order chi connectivity index (χ1) is 13.4. The summed E-state index contributed by atoms with van der Waals surface area (Å²) in [6, 6.07) is 3.47. The van der Waals surface area contributed by atoms with Gasteiger partial charge in [0.25, 0.3) is 5.56 Å². The number of piperidine rings is 1. The molecule has 0 aromatic carbocycles. The molecule has 1 aromatic heterocycles. The van der Waals surface area contributed by atoms with Crippen LogP contribution in [-0.2, 0) is 25.7 Å². The molecule has 2 aliphatic rings. The minimum absolute atomic E-state index is 0.0274. The average molecular weight is 409 g/mol. The number of carbonyl (C=O) groups is 3. The first-order valence-electron chi connectivity index (χ1n) is 8.99. The van der Waals surface area contributed by atoms with Gasteiger partial charge in [-0.05, 0) is 30.7 Å². The number of likely N-dealkylation sites (tertiary alicyclic amines) is 1. The minimum Gasteiger partial charge on any atom is -0.480 e. The number of fused-ring (bicyclic) bond motifs is 4. The van der Waals surface area contributed by atoms with E-state index in [0.29, 0.717) is 19.6 Å². The van der Waals surface area contributed by atoms with Gasteiger partial charge in [0.15, 0.2) is 0 Å². The maximum absolute atomic E-state index is 12.8. The summed E-state index contributed by atoms with van der Waals surface area (Å²) < 4.78 is 6.61. The molecule has 0 spiro atoms. The molecule has 1 saturated heterocycles. The van der Waals surface area contributed by atoms with Crippen molar-refractivity contribution in [3.8, 4) is 0 Å². The zero-order valence-electron chi connectivity index (χ0n) is 15.6. The Morgan fingerprint density at radius 3 is 2.75 bits per heavy atom. The van der Waals surface area contributed by atoms with Crippen LogP contribution in [0.1, 0.15) is 18.0 Å². The number of pyridine rings is 1. The molecule has 2 bridgehead atoms. The molecular weight excluding hydrogens is 386 g/mol. The van der Waals surface area contributed by atoms with Crippen molar-refractivity contribution in [2.24, 2.45) is 5.92 Å². The van der Waals surface area contributed by atoms with Gasteiger partial charge in [0.05, 0.1) is 5.75 Å². The number of rotatable bonds is 7. The number of carbonyl (C=O) groups excluding carboxylic acids is 2. The number of aromatic nitrogens is 1. The molecule has 3 rings (SSSR count). The molecule has 2 N–H and O–H groups in total. The van der Waals surface area contributed by atoms with E-state index in [0.717, 1.165) is 12.1 Å². The zero-order valence-corrected chi connectivity index (χ0v) is 16.4. The van der Waals surface area contributed by atoms with Crippen molar-refractivity contribution in [1.29, 1.82) is 0 Å². The summed E-state index contributed by atoms with van der Waals surface area (Å²) >= 11 is 1.39. The maximum Gasteiger partial charge on any atom is 0.329 e. The van der Waals surface area contributed by atoms with Gasteiger partial charge in [0, 0.05) is 31.2 Å². The van der Waals surface area contributed by atoms with Gasteiger partial charge in [0.1, 0.15) is 18.9 Å². The highest BCUT2D eigenvalue weighted by atomic mass is 32.2. The molecular formula is C18H23N3O6S. The predicted octanol–water partition coefficient (Wildman–Crippen LogP) is 0.197. The van der Waals surface area contributed by atoms with Crippen LogP contribution in [0, 0.1) is 5.92 Å². The standard InChI is InChI=1S/C18H23N3O6S/c1-28-10-15(22)19-13-2-3-14-12-4-11(6-21(14)18(13)26)5-20(7-12)16(23)8-27-9-17(24)25/h2-3,11-12H,4-10H2,1H3,(H,19,22)(H,24,25)/t11-,12+/m0/s1. The number of hydrogen-bond donors (Lipinski definition) is 2. The molecule has 3 heterocycles. The Balaban J connectivity index is 1.72. The SMILES string of the molecule is CSCC(=O)Nc1ccc2n(c1=O)C[C@H]1C[C@@H]2CN(C(=O)COCC(=O)O)C1. The third kappa shape index (κ3) is 4.56. The van der Waals surface area contributed by atoms with Crippen molar-refractivity contribution in [2.75, 3.05) is 43.6 Å². The van der Waals surface area contributed by atoms with E-state index in [-0.39, 0.29) is 47.3 Å². The molecule has 1 aromatic rings. The van der Waals surface area contributed by atoms with Crippen LogP contribution >= 0.6 is 11.8 Å². The van der Waals surface area contributed by atoms with Crippen LogP contribution in [0.25, 0.3) is 0 Å². The van der Waals surface area contributed by atoms with E-state index in [1.165, 1.54) is 11.8 Å². The van der Waals surface area contributed by atoms with Crippen molar-refractivity contribution in [3.63, 3.8) is 0 Å². The Morgan fingerprint density at radius 2 is 2.04 bits per heavy atom. The molecule has 152 valence electrons. The molecule has 2 atom stereocenters. The number of thioether (sulfide) groups is 1. The second-order valence-electron chi connectivity index (χ2n) is 7.05. The van der Waals surface area contributed by atoms with E-state index >= 15 is 0 Å². The van der Waals surface area contributed by atoms with Gasteiger partial charge in [-0.3, -0.25) is 14.4 Å². The summed E-state index contributed by atoms with van der Waals surface area (Å²) in [5.41, 5.74) is 0.914. The van der Waals surface area contributed by atoms with Gasteiger partial charge >= 0.3 is 5.97 Å². The van der Waals surface area contributed by atoms with E-state index < -0.39 is 12.6 Å². The summed E-state index contributed by atoms with van der Waals surface area (Å²) in [7, 11) is 0. The van der Waals surface area contributed by atoms with Crippen molar-refractivity contribution in [3.05, 3.63) is 28.2 Å². The normalized spacial score (nSPS) is 20.4. The van der Waals surface area contributed by atoms with E-state index in [2.05, 4.69) is 5.32 Å². The van der Waals surface area contributed by atoms with Crippen LogP contribution in [0.3, 0.4) is 0 Å². The average Bonchev–Trinajstić information content (AvgIpc) is 2.64. The number of nitrogens with one attached hydrogen (secondary N) is 1. The highest BCUT2D eigenvalue weighted by Crippen LogP contribution is 2.35. The molecule has 28 heavy (non-hydrogen) atoms. The number of hydrogen-bond acceptors (Lipinski definition) is 6. The Bertz CT molecular complexity index is 839. The van der Waals surface area contributed by atoms with Gasteiger partial charge in [-0.1, -0.05) is 0 Å². The van der Waals surface area contributed by atoms with E-state index in [4.69, 9.17) is 9.84 Å². The first-order valence-corrected chi connectivity index (χ1v) is 10.4. The molecule has 0 saturated carbocycles. The molecule has 0 unspecified atom stereocenters. The lowest BCUT2D eigenvalue weighted by Gasteiger charge is -2.42. The van der Waals surface area contributed by atoms with Gasteiger partial charge < -0.3 is 24.6 Å². The Kier molecular flexibility index (Phi) is 6.40. The second kappa shape index (κ2) is 8.78. The minimum atomic E-state index is -1.11. The van der Waals surface area contributed by atoms with Gasteiger partial charge in [-0.15, -0.1) is 0 Å². The van der Waals surface area contributed by atoms with Crippen LogP contribution in [0.15, 0.2) is 16.9 Å². The lowest BCUT2D eigenvalue weighted by molar-refractivity contribution is -0.146. The quantitative estimate of drug-likeness (QED) is 0.660. The lowest BCUT2D eigenvalue weighted by atomic mass is 9.83. The van der Waals surface area contributed by atoms with Crippen molar-refractivity contribution in [1.82, 2.24) is 9.47 Å².